The van der Waals surface area contributed by atoms with E-state index in [1.54, 1.807) is 17.0 Å². The Labute approximate surface area is 201 Å². The van der Waals surface area contributed by atoms with E-state index in [0.29, 0.717) is 24.5 Å². The highest BCUT2D eigenvalue weighted by Crippen LogP contribution is 2.18. The Morgan fingerprint density at radius 2 is 1.61 bits per heavy atom. The third-order valence-corrected chi connectivity index (χ3v) is 5.77. The zero-order valence-corrected chi connectivity index (χ0v) is 20.0. The van der Waals surface area contributed by atoms with Crippen LogP contribution in [-0.2, 0) is 29.0 Å². The number of benzene rings is 3. The standard InChI is InChI=1S/C28H31ClN2O2/c1-3-16-30-28(33)26(18-22-8-5-4-6-9-22)31(20-23-14-12-21(2)13-15-23)27(32)19-24-10-7-11-25(29)17-24/h4-15,17,26H,3,16,18-20H2,1-2H3,(H,30,33)/t26-/m0/s1. The van der Waals surface area contributed by atoms with Gasteiger partial charge in [-0.05, 0) is 42.2 Å². The second-order valence-electron chi connectivity index (χ2n) is 8.31. The first-order valence-electron chi connectivity index (χ1n) is 11.4. The number of aryl methyl sites for hydroxylation is 1. The van der Waals surface area contributed by atoms with Gasteiger partial charge in [-0.25, -0.2) is 0 Å². The van der Waals surface area contributed by atoms with Crippen LogP contribution in [0.1, 0.15) is 35.6 Å². The molecule has 0 aliphatic rings. The van der Waals surface area contributed by atoms with Gasteiger partial charge >= 0.3 is 0 Å². The zero-order valence-electron chi connectivity index (χ0n) is 19.3. The van der Waals surface area contributed by atoms with E-state index in [0.717, 1.165) is 28.7 Å². The van der Waals surface area contributed by atoms with Crippen molar-refractivity contribution >= 4 is 23.4 Å². The van der Waals surface area contributed by atoms with Crippen molar-refractivity contribution in [1.29, 1.82) is 0 Å². The normalized spacial score (nSPS) is 11.6. The van der Waals surface area contributed by atoms with Crippen molar-refractivity contribution < 1.29 is 9.59 Å². The summed E-state index contributed by atoms with van der Waals surface area (Å²) in [5.41, 5.74) is 3.98. The number of carbonyl (C=O) groups is 2. The lowest BCUT2D eigenvalue weighted by Gasteiger charge is -2.31. The van der Waals surface area contributed by atoms with Crippen molar-refractivity contribution in [2.45, 2.75) is 45.7 Å². The van der Waals surface area contributed by atoms with Crippen LogP contribution in [0.4, 0.5) is 0 Å². The van der Waals surface area contributed by atoms with Crippen molar-refractivity contribution in [2.24, 2.45) is 0 Å². The zero-order chi connectivity index (χ0) is 23.6. The highest BCUT2D eigenvalue weighted by atomic mass is 35.5. The molecule has 4 nitrogen and oxygen atoms in total. The molecule has 0 bridgehead atoms. The second kappa shape index (κ2) is 12.2. The SMILES string of the molecule is CCCNC(=O)[C@H](Cc1ccccc1)N(Cc1ccc(C)cc1)C(=O)Cc1cccc(Cl)c1. The lowest BCUT2D eigenvalue weighted by Crippen LogP contribution is -2.51. The fourth-order valence-electron chi connectivity index (χ4n) is 3.73. The molecule has 2 amide bonds. The van der Waals surface area contributed by atoms with Gasteiger partial charge in [0.05, 0.1) is 6.42 Å². The quantitative estimate of drug-likeness (QED) is 0.441. The topological polar surface area (TPSA) is 49.4 Å². The average molecular weight is 463 g/mol. The van der Waals surface area contributed by atoms with Crippen LogP contribution in [0, 0.1) is 6.92 Å². The summed E-state index contributed by atoms with van der Waals surface area (Å²) in [6, 6.07) is 24.6. The van der Waals surface area contributed by atoms with Gasteiger partial charge in [-0.1, -0.05) is 90.8 Å². The summed E-state index contributed by atoms with van der Waals surface area (Å²) in [7, 11) is 0. The third-order valence-electron chi connectivity index (χ3n) is 5.54. The van der Waals surface area contributed by atoms with Crippen LogP contribution in [-0.4, -0.2) is 29.3 Å². The van der Waals surface area contributed by atoms with E-state index in [2.05, 4.69) is 5.32 Å². The predicted octanol–water partition coefficient (Wildman–Crippen LogP) is 5.36. The molecule has 0 saturated carbocycles. The number of hydrogen-bond acceptors (Lipinski definition) is 2. The number of amides is 2. The van der Waals surface area contributed by atoms with Crippen LogP contribution in [0.15, 0.2) is 78.9 Å². The minimum absolute atomic E-state index is 0.106. The molecule has 3 rings (SSSR count). The van der Waals surface area contributed by atoms with E-state index in [9.17, 15) is 9.59 Å². The van der Waals surface area contributed by atoms with Gasteiger partial charge in [0, 0.05) is 24.5 Å². The van der Waals surface area contributed by atoms with E-state index < -0.39 is 6.04 Å². The van der Waals surface area contributed by atoms with Gasteiger partial charge < -0.3 is 10.2 Å². The molecule has 1 atom stereocenters. The van der Waals surface area contributed by atoms with Gasteiger partial charge in [0.25, 0.3) is 0 Å². The van der Waals surface area contributed by atoms with Crippen LogP contribution >= 0.6 is 11.6 Å². The fourth-order valence-corrected chi connectivity index (χ4v) is 3.95. The van der Waals surface area contributed by atoms with Crippen LogP contribution in [0.5, 0.6) is 0 Å². The summed E-state index contributed by atoms with van der Waals surface area (Å²) < 4.78 is 0. The lowest BCUT2D eigenvalue weighted by atomic mass is 10.0. The van der Waals surface area contributed by atoms with E-state index in [-0.39, 0.29) is 18.2 Å². The summed E-state index contributed by atoms with van der Waals surface area (Å²) in [5.74, 6) is -0.238. The first-order valence-corrected chi connectivity index (χ1v) is 11.7. The molecule has 0 aliphatic carbocycles. The Hall–Kier alpha value is -3.11. The predicted molar refractivity (Wildman–Crippen MR) is 134 cm³/mol. The van der Waals surface area contributed by atoms with Gasteiger partial charge in [-0.15, -0.1) is 0 Å². The molecule has 33 heavy (non-hydrogen) atoms. The first-order chi connectivity index (χ1) is 16.0. The molecule has 0 radical (unpaired) electrons. The molecule has 0 fully saturated rings. The molecule has 1 N–H and O–H groups in total. The number of halogens is 1. The molecule has 172 valence electrons. The minimum Gasteiger partial charge on any atom is -0.354 e. The van der Waals surface area contributed by atoms with Crippen molar-refractivity contribution in [3.63, 3.8) is 0 Å². The van der Waals surface area contributed by atoms with Gasteiger partial charge in [0.15, 0.2) is 0 Å². The van der Waals surface area contributed by atoms with E-state index in [4.69, 9.17) is 11.6 Å². The summed E-state index contributed by atoms with van der Waals surface area (Å²) in [4.78, 5) is 28.6. The van der Waals surface area contributed by atoms with Crippen LogP contribution in [0.3, 0.4) is 0 Å². The summed E-state index contributed by atoms with van der Waals surface area (Å²) in [6.45, 7) is 4.98. The molecule has 0 aromatic heterocycles. The van der Waals surface area contributed by atoms with E-state index in [1.807, 2.05) is 80.6 Å². The van der Waals surface area contributed by atoms with E-state index >= 15 is 0 Å². The van der Waals surface area contributed by atoms with Crippen LogP contribution < -0.4 is 5.32 Å². The molecule has 0 unspecified atom stereocenters. The molecular weight excluding hydrogens is 432 g/mol. The third kappa shape index (κ3) is 7.47. The molecular formula is C28H31ClN2O2. The maximum absolute atomic E-state index is 13.6. The monoisotopic (exact) mass is 462 g/mol. The Morgan fingerprint density at radius 1 is 0.909 bits per heavy atom. The number of rotatable bonds is 10. The molecule has 0 heterocycles. The van der Waals surface area contributed by atoms with E-state index in [1.165, 1.54) is 0 Å². The van der Waals surface area contributed by atoms with Gasteiger partial charge in [-0.2, -0.15) is 0 Å². The first kappa shape index (κ1) is 24.5. The number of hydrogen-bond donors (Lipinski definition) is 1. The minimum atomic E-state index is -0.619. The highest BCUT2D eigenvalue weighted by molar-refractivity contribution is 6.30. The van der Waals surface area contributed by atoms with Gasteiger partial charge in [0.1, 0.15) is 6.04 Å². The summed E-state index contributed by atoms with van der Waals surface area (Å²) in [6.07, 6.45) is 1.46. The molecule has 0 aliphatic heterocycles. The fraction of sp³-hybridized carbons (Fsp3) is 0.286. The maximum atomic E-state index is 13.6. The highest BCUT2D eigenvalue weighted by Gasteiger charge is 2.30. The molecule has 5 heteroatoms. The largest absolute Gasteiger partial charge is 0.354 e. The van der Waals surface area contributed by atoms with Crippen LogP contribution in [0.25, 0.3) is 0 Å². The Balaban J connectivity index is 1.94. The molecule has 0 spiro atoms. The van der Waals surface area contributed by atoms with Gasteiger partial charge in [-0.3, -0.25) is 9.59 Å². The maximum Gasteiger partial charge on any atom is 0.243 e. The van der Waals surface area contributed by atoms with Gasteiger partial charge in [0.2, 0.25) is 11.8 Å². The smallest absolute Gasteiger partial charge is 0.243 e. The second-order valence-corrected chi connectivity index (χ2v) is 8.75. The Kier molecular flexibility index (Phi) is 9.08. The van der Waals surface area contributed by atoms with Crippen LogP contribution in [0.2, 0.25) is 5.02 Å². The van der Waals surface area contributed by atoms with Crippen molar-refractivity contribution in [2.75, 3.05) is 6.54 Å². The molecule has 0 saturated heterocycles. The Bertz CT molecular complexity index is 1050. The van der Waals surface area contributed by atoms with Crippen molar-refractivity contribution in [3.8, 4) is 0 Å². The number of nitrogens with one attached hydrogen (secondary N) is 1. The summed E-state index contributed by atoms with van der Waals surface area (Å²) >= 11 is 6.14. The number of nitrogens with zero attached hydrogens (tertiary/aromatic N) is 1. The average Bonchev–Trinajstić information content (AvgIpc) is 2.81. The lowest BCUT2D eigenvalue weighted by molar-refractivity contribution is -0.140. The Morgan fingerprint density at radius 3 is 2.27 bits per heavy atom. The molecule has 3 aromatic rings. The number of carbonyl (C=O) groups excluding carboxylic acids is 2. The summed E-state index contributed by atoms with van der Waals surface area (Å²) in [5, 5.41) is 3.59. The van der Waals surface area contributed by atoms with Crippen molar-refractivity contribution in [3.05, 3.63) is 106 Å². The van der Waals surface area contributed by atoms with Crippen molar-refractivity contribution in [1.82, 2.24) is 10.2 Å². The molecule has 3 aromatic carbocycles.